The zero-order valence-electron chi connectivity index (χ0n) is 11.6. The van der Waals surface area contributed by atoms with Crippen LogP contribution >= 0.6 is 0 Å². The number of hydrogen-bond acceptors (Lipinski definition) is 4. The van der Waals surface area contributed by atoms with Crippen LogP contribution in [0.4, 0.5) is 0 Å². The average molecular weight is 251 g/mol. The Morgan fingerprint density at radius 1 is 1.11 bits per heavy atom. The Labute approximate surface area is 108 Å². The molecule has 0 radical (unpaired) electrons. The van der Waals surface area contributed by atoms with Gasteiger partial charge >= 0.3 is 0 Å². The molecule has 1 rings (SSSR count). The molecule has 0 spiro atoms. The summed E-state index contributed by atoms with van der Waals surface area (Å²) < 4.78 is 15.9. The van der Waals surface area contributed by atoms with Crippen molar-refractivity contribution in [3.05, 3.63) is 23.3 Å². The number of benzene rings is 1. The van der Waals surface area contributed by atoms with E-state index in [1.54, 1.807) is 21.3 Å². The molecule has 1 atom stereocenters. The van der Waals surface area contributed by atoms with Crippen LogP contribution in [-0.2, 0) is 0 Å². The highest BCUT2D eigenvalue weighted by Crippen LogP contribution is 2.35. The van der Waals surface area contributed by atoms with Crippen LogP contribution in [0.25, 0.3) is 6.08 Å². The Morgan fingerprint density at radius 3 is 1.94 bits per heavy atom. The summed E-state index contributed by atoms with van der Waals surface area (Å²) in [6, 6.07) is 3.63. The SMILES string of the molecule is COc1cc(OC)c(/C=C(/C)C(C)N)c(OC)c1. The Bertz CT molecular complexity index is 414. The van der Waals surface area contributed by atoms with Crippen LogP contribution < -0.4 is 19.9 Å². The molecule has 4 heteroatoms. The van der Waals surface area contributed by atoms with Crippen molar-refractivity contribution in [3.63, 3.8) is 0 Å². The van der Waals surface area contributed by atoms with Gasteiger partial charge in [-0.1, -0.05) is 5.57 Å². The predicted octanol–water partition coefficient (Wildman–Crippen LogP) is 2.46. The van der Waals surface area contributed by atoms with Gasteiger partial charge in [0.15, 0.2) is 0 Å². The number of rotatable bonds is 5. The molecule has 0 amide bonds. The zero-order valence-corrected chi connectivity index (χ0v) is 11.6. The van der Waals surface area contributed by atoms with E-state index in [1.807, 2.05) is 32.1 Å². The van der Waals surface area contributed by atoms with Gasteiger partial charge in [-0.3, -0.25) is 0 Å². The summed E-state index contributed by atoms with van der Waals surface area (Å²) in [5.41, 5.74) is 7.77. The van der Waals surface area contributed by atoms with Crippen LogP contribution in [0.15, 0.2) is 17.7 Å². The quantitative estimate of drug-likeness (QED) is 0.873. The minimum atomic E-state index is -0.0125. The Morgan fingerprint density at radius 2 is 1.61 bits per heavy atom. The van der Waals surface area contributed by atoms with Crippen LogP contribution in [0, 0.1) is 0 Å². The summed E-state index contributed by atoms with van der Waals surface area (Å²) >= 11 is 0. The smallest absolute Gasteiger partial charge is 0.133 e. The maximum absolute atomic E-state index is 5.85. The molecular formula is C14H21NO3. The van der Waals surface area contributed by atoms with E-state index >= 15 is 0 Å². The van der Waals surface area contributed by atoms with E-state index in [4.69, 9.17) is 19.9 Å². The second-order valence-corrected chi connectivity index (χ2v) is 4.12. The molecule has 1 unspecified atom stereocenters. The maximum atomic E-state index is 5.85. The van der Waals surface area contributed by atoms with E-state index in [2.05, 4.69) is 0 Å². The first-order valence-electron chi connectivity index (χ1n) is 5.77. The highest BCUT2D eigenvalue weighted by molar-refractivity contribution is 5.68. The third-order valence-electron chi connectivity index (χ3n) is 2.84. The van der Waals surface area contributed by atoms with E-state index < -0.39 is 0 Å². The molecule has 1 aromatic carbocycles. The van der Waals surface area contributed by atoms with Gasteiger partial charge in [0.05, 0.1) is 26.9 Å². The van der Waals surface area contributed by atoms with Gasteiger partial charge in [-0.05, 0) is 19.9 Å². The largest absolute Gasteiger partial charge is 0.496 e. The van der Waals surface area contributed by atoms with E-state index in [0.29, 0.717) is 17.2 Å². The van der Waals surface area contributed by atoms with Crippen molar-refractivity contribution in [3.8, 4) is 17.2 Å². The summed E-state index contributed by atoms with van der Waals surface area (Å²) in [4.78, 5) is 0. The molecule has 18 heavy (non-hydrogen) atoms. The lowest BCUT2D eigenvalue weighted by atomic mass is 10.1. The first-order valence-corrected chi connectivity index (χ1v) is 5.77. The second kappa shape index (κ2) is 6.31. The van der Waals surface area contributed by atoms with Gasteiger partial charge in [-0.2, -0.15) is 0 Å². The summed E-state index contributed by atoms with van der Waals surface area (Å²) in [5.74, 6) is 2.09. The molecule has 0 aliphatic rings. The van der Waals surface area contributed by atoms with Crippen molar-refractivity contribution in [2.24, 2.45) is 5.73 Å². The summed E-state index contributed by atoms with van der Waals surface area (Å²) in [6.45, 7) is 3.92. The molecule has 0 fully saturated rings. The summed E-state index contributed by atoms with van der Waals surface area (Å²) in [6.07, 6.45) is 1.97. The molecule has 0 aliphatic carbocycles. The van der Waals surface area contributed by atoms with E-state index in [0.717, 1.165) is 11.1 Å². The van der Waals surface area contributed by atoms with Gasteiger partial charge in [-0.25, -0.2) is 0 Å². The predicted molar refractivity (Wildman–Crippen MR) is 73.4 cm³/mol. The molecule has 0 aromatic heterocycles. The monoisotopic (exact) mass is 251 g/mol. The minimum absolute atomic E-state index is 0.0125. The first kappa shape index (κ1) is 14.4. The van der Waals surface area contributed by atoms with Crippen LogP contribution in [0.2, 0.25) is 0 Å². The summed E-state index contributed by atoms with van der Waals surface area (Å²) in [5, 5.41) is 0. The van der Waals surface area contributed by atoms with Crippen molar-refractivity contribution in [2.75, 3.05) is 21.3 Å². The van der Waals surface area contributed by atoms with Gasteiger partial charge in [0.2, 0.25) is 0 Å². The molecule has 100 valence electrons. The van der Waals surface area contributed by atoms with Crippen LogP contribution in [-0.4, -0.2) is 27.4 Å². The highest BCUT2D eigenvalue weighted by Gasteiger charge is 2.12. The van der Waals surface area contributed by atoms with Crippen molar-refractivity contribution < 1.29 is 14.2 Å². The lowest BCUT2D eigenvalue weighted by Crippen LogP contribution is -2.15. The topological polar surface area (TPSA) is 53.7 Å². The molecule has 0 saturated heterocycles. The van der Waals surface area contributed by atoms with E-state index in [9.17, 15) is 0 Å². The third-order valence-corrected chi connectivity index (χ3v) is 2.84. The molecule has 4 nitrogen and oxygen atoms in total. The number of methoxy groups -OCH3 is 3. The Hall–Kier alpha value is -1.68. The maximum Gasteiger partial charge on any atom is 0.133 e. The lowest BCUT2D eigenvalue weighted by molar-refractivity contribution is 0.374. The molecule has 0 aliphatic heterocycles. The molecule has 0 saturated carbocycles. The molecule has 1 aromatic rings. The van der Waals surface area contributed by atoms with Crippen molar-refractivity contribution in [1.29, 1.82) is 0 Å². The average Bonchev–Trinajstić information content (AvgIpc) is 2.38. The van der Waals surface area contributed by atoms with Crippen LogP contribution in [0.5, 0.6) is 17.2 Å². The van der Waals surface area contributed by atoms with Crippen LogP contribution in [0.3, 0.4) is 0 Å². The molecule has 0 heterocycles. The number of nitrogens with two attached hydrogens (primary N) is 1. The van der Waals surface area contributed by atoms with Crippen molar-refractivity contribution in [2.45, 2.75) is 19.9 Å². The normalized spacial score (nSPS) is 13.1. The lowest BCUT2D eigenvalue weighted by Gasteiger charge is -2.14. The van der Waals surface area contributed by atoms with Gasteiger partial charge in [0.1, 0.15) is 17.2 Å². The summed E-state index contributed by atoms with van der Waals surface area (Å²) in [7, 11) is 4.84. The Balaban J connectivity index is 3.36. The second-order valence-electron chi connectivity index (χ2n) is 4.12. The number of ether oxygens (including phenoxy) is 3. The first-order chi connectivity index (χ1) is 8.53. The Kier molecular flexibility index (Phi) is 5.04. The fourth-order valence-corrected chi connectivity index (χ4v) is 1.53. The minimum Gasteiger partial charge on any atom is -0.496 e. The fraction of sp³-hybridized carbons (Fsp3) is 0.429. The van der Waals surface area contributed by atoms with Gasteiger partial charge in [-0.15, -0.1) is 0 Å². The standard InChI is InChI=1S/C14H21NO3/c1-9(10(2)15)6-12-13(17-4)7-11(16-3)8-14(12)18-5/h6-8,10H,15H2,1-5H3/b9-6-. The van der Waals surface area contributed by atoms with Gasteiger partial charge in [0, 0.05) is 18.2 Å². The number of hydrogen-bond donors (Lipinski definition) is 1. The van der Waals surface area contributed by atoms with E-state index in [1.165, 1.54) is 0 Å². The van der Waals surface area contributed by atoms with Crippen molar-refractivity contribution >= 4 is 6.08 Å². The van der Waals surface area contributed by atoms with Crippen molar-refractivity contribution in [1.82, 2.24) is 0 Å². The van der Waals surface area contributed by atoms with Gasteiger partial charge in [0.25, 0.3) is 0 Å². The molecule has 2 N–H and O–H groups in total. The highest BCUT2D eigenvalue weighted by atomic mass is 16.5. The molecular weight excluding hydrogens is 230 g/mol. The molecule has 0 bridgehead atoms. The zero-order chi connectivity index (χ0) is 13.7. The van der Waals surface area contributed by atoms with Crippen LogP contribution in [0.1, 0.15) is 19.4 Å². The van der Waals surface area contributed by atoms with Gasteiger partial charge < -0.3 is 19.9 Å². The third kappa shape index (κ3) is 3.17. The van der Waals surface area contributed by atoms with E-state index in [-0.39, 0.29) is 6.04 Å². The fourth-order valence-electron chi connectivity index (χ4n) is 1.53.